The Morgan fingerprint density at radius 2 is 2.36 bits per heavy atom. The second kappa shape index (κ2) is 6.11. The molecule has 0 atom stereocenters. The lowest BCUT2D eigenvalue weighted by molar-refractivity contribution is 0.108. The Bertz CT molecular complexity index is 260. The molecule has 0 amide bonds. The van der Waals surface area contributed by atoms with Gasteiger partial charge < -0.3 is 10.5 Å². The summed E-state index contributed by atoms with van der Waals surface area (Å²) in [5.41, 5.74) is 6.46. The van der Waals surface area contributed by atoms with E-state index in [2.05, 4.69) is 18.8 Å². The van der Waals surface area contributed by atoms with Gasteiger partial charge in [-0.05, 0) is 12.3 Å². The van der Waals surface area contributed by atoms with Crippen LogP contribution in [0.25, 0.3) is 0 Å². The standard InChI is InChI=1S/C10H18N2OS/c1-8(2)3-4-13-6-9-7-14-10(5-11)12-9/h7-8H,3-6,11H2,1-2H3. The monoisotopic (exact) mass is 214 g/mol. The lowest BCUT2D eigenvalue weighted by Crippen LogP contribution is -2.00. The van der Waals surface area contributed by atoms with Gasteiger partial charge >= 0.3 is 0 Å². The van der Waals surface area contributed by atoms with E-state index >= 15 is 0 Å². The number of aromatic nitrogens is 1. The number of thiazole rings is 1. The van der Waals surface area contributed by atoms with Crippen LogP contribution in [-0.4, -0.2) is 11.6 Å². The van der Waals surface area contributed by atoms with Crippen molar-refractivity contribution in [1.82, 2.24) is 4.98 Å². The van der Waals surface area contributed by atoms with Crippen LogP contribution in [0.1, 0.15) is 31.0 Å². The third-order valence-corrected chi connectivity index (χ3v) is 2.78. The molecular formula is C10H18N2OS. The van der Waals surface area contributed by atoms with Gasteiger partial charge in [0, 0.05) is 18.5 Å². The number of hydrogen-bond donors (Lipinski definition) is 1. The summed E-state index contributed by atoms with van der Waals surface area (Å²) in [5.74, 6) is 0.699. The van der Waals surface area contributed by atoms with Gasteiger partial charge in [0.25, 0.3) is 0 Å². The molecule has 1 heterocycles. The molecule has 1 aromatic heterocycles. The smallest absolute Gasteiger partial charge is 0.107 e. The van der Waals surface area contributed by atoms with Crippen LogP contribution in [0.2, 0.25) is 0 Å². The molecule has 4 heteroatoms. The van der Waals surface area contributed by atoms with Crippen molar-refractivity contribution in [3.8, 4) is 0 Å². The minimum atomic E-state index is 0.524. The molecule has 2 N–H and O–H groups in total. The van der Waals surface area contributed by atoms with E-state index in [1.54, 1.807) is 11.3 Å². The topological polar surface area (TPSA) is 48.1 Å². The molecule has 0 saturated heterocycles. The summed E-state index contributed by atoms with van der Waals surface area (Å²) in [5, 5.41) is 2.99. The van der Waals surface area contributed by atoms with E-state index in [0.717, 1.165) is 23.7 Å². The quantitative estimate of drug-likeness (QED) is 0.738. The molecule has 0 saturated carbocycles. The second-order valence-electron chi connectivity index (χ2n) is 3.67. The van der Waals surface area contributed by atoms with Crippen LogP contribution in [0.15, 0.2) is 5.38 Å². The molecule has 0 radical (unpaired) electrons. The van der Waals surface area contributed by atoms with Gasteiger partial charge in [0.1, 0.15) is 5.01 Å². The average Bonchev–Trinajstić information content (AvgIpc) is 2.60. The van der Waals surface area contributed by atoms with Crippen molar-refractivity contribution in [1.29, 1.82) is 0 Å². The molecule has 0 fully saturated rings. The summed E-state index contributed by atoms with van der Waals surface area (Å²) in [6.45, 7) is 6.34. The van der Waals surface area contributed by atoms with Crippen LogP contribution in [0, 0.1) is 5.92 Å². The largest absolute Gasteiger partial charge is 0.375 e. The van der Waals surface area contributed by atoms with Crippen molar-refractivity contribution in [2.24, 2.45) is 11.7 Å². The zero-order chi connectivity index (χ0) is 10.4. The van der Waals surface area contributed by atoms with Gasteiger partial charge in [0.15, 0.2) is 0 Å². The lowest BCUT2D eigenvalue weighted by Gasteiger charge is -2.04. The molecule has 0 aromatic carbocycles. The number of ether oxygens (including phenoxy) is 1. The minimum absolute atomic E-state index is 0.524. The molecule has 0 bridgehead atoms. The Hall–Kier alpha value is -0.450. The normalized spacial score (nSPS) is 11.1. The molecule has 0 spiro atoms. The summed E-state index contributed by atoms with van der Waals surface area (Å²) in [6, 6.07) is 0. The van der Waals surface area contributed by atoms with Gasteiger partial charge in [-0.1, -0.05) is 13.8 Å². The lowest BCUT2D eigenvalue weighted by atomic mass is 10.1. The predicted molar refractivity (Wildman–Crippen MR) is 59.1 cm³/mol. The van der Waals surface area contributed by atoms with Crippen molar-refractivity contribution in [3.63, 3.8) is 0 Å². The first-order valence-electron chi connectivity index (χ1n) is 4.93. The molecule has 1 aromatic rings. The van der Waals surface area contributed by atoms with Crippen LogP contribution in [-0.2, 0) is 17.9 Å². The van der Waals surface area contributed by atoms with E-state index < -0.39 is 0 Å². The first-order valence-corrected chi connectivity index (χ1v) is 5.81. The molecule has 80 valence electrons. The highest BCUT2D eigenvalue weighted by Crippen LogP contribution is 2.10. The van der Waals surface area contributed by atoms with E-state index in [4.69, 9.17) is 10.5 Å². The Morgan fingerprint density at radius 1 is 1.57 bits per heavy atom. The van der Waals surface area contributed by atoms with E-state index in [0.29, 0.717) is 19.1 Å². The van der Waals surface area contributed by atoms with E-state index in [1.807, 2.05) is 5.38 Å². The summed E-state index contributed by atoms with van der Waals surface area (Å²) >= 11 is 1.60. The number of nitrogens with two attached hydrogens (primary N) is 1. The maximum absolute atomic E-state index is 5.49. The molecule has 0 unspecified atom stereocenters. The van der Waals surface area contributed by atoms with Gasteiger partial charge in [-0.25, -0.2) is 4.98 Å². The Balaban J connectivity index is 2.18. The highest BCUT2D eigenvalue weighted by atomic mass is 32.1. The van der Waals surface area contributed by atoms with Crippen LogP contribution in [0.5, 0.6) is 0 Å². The molecule has 0 aliphatic carbocycles. The maximum Gasteiger partial charge on any atom is 0.107 e. The zero-order valence-corrected chi connectivity index (χ0v) is 9.64. The maximum atomic E-state index is 5.49. The number of nitrogens with zero attached hydrogens (tertiary/aromatic N) is 1. The second-order valence-corrected chi connectivity index (χ2v) is 4.61. The fourth-order valence-corrected chi connectivity index (χ4v) is 1.66. The molecule has 3 nitrogen and oxygen atoms in total. The van der Waals surface area contributed by atoms with Gasteiger partial charge in [-0.15, -0.1) is 11.3 Å². The van der Waals surface area contributed by atoms with E-state index in [9.17, 15) is 0 Å². The highest BCUT2D eigenvalue weighted by Gasteiger charge is 2.00. The van der Waals surface area contributed by atoms with Crippen LogP contribution >= 0.6 is 11.3 Å². The van der Waals surface area contributed by atoms with E-state index in [-0.39, 0.29) is 0 Å². The van der Waals surface area contributed by atoms with Gasteiger partial charge in [-0.3, -0.25) is 0 Å². The highest BCUT2D eigenvalue weighted by molar-refractivity contribution is 7.09. The van der Waals surface area contributed by atoms with Gasteiger partial charge in [0.2, 0.25) is 0 Å². The first-order chi connectivity index (χ1) is 6.72. The summed E-state index contributed by atoms with van der Waals surface area (Å²) in [4.78, 5) is 4.31. The van der Waals surface area contributed by atoms with Crippen molar-refractivity contribution >= 4 is 11.3 Å². The fraction of sp³-hybridized carbons (Fsp3) is 0.700. The summed E-state index contributed by atoms with van der Waals surface area (Å²) in [6.07, 6.45) is 1.11. The van der Waals surface area contributed by atoms with Crippen molar-refractivity contribution in [2.45, 2.75) is 33.4 Å². The van der Waals surface area contributed by atoms with E-state index in [1.165, 1.54) is 0 Å². The summed E-state index contributed by atoms with van der Waals surface area (Å²) in [7, 11) is 0. The predicted octanol–water partition coefficient (Wildman–Crippen LogP) is 2.16. The Morgan fingerprint density at radius 3 is 2.93 bits per heavy atom. The first kappa shape index (κ1) is 11.6. The third kappa shape index (κ3) is 4.17. The molecule has 1 rings (SSSR count). The minimum Gasteiger partial charge on any atom is -0.375 e. The molecular weight excluding hydrogens is 196 g/mol. The van der Waals surface area contributed by atoms with Crippen molar-refractivity contribution in [2.75, 3.05) is 6.61 Å². The zero-order valence-electron chi connectivity index (χ0n) is 8.82. The fourth-order valence-electron chi connectivity index (χ4n) is 1.00. The van der Waals surface area contributed by atoms with Crippen LogP contribution in [0.4, 0.5) is 0 Å². The molecule has 0 aliphatic heterocycles. The van der Waals surface area contributed by atoms with Crippen LogP contribution in [0.3, 0.4) is 0 Å². The third-order valence-electron chi connectivity index (χ3n) is 1.86. The number of rotatable bonds is 6. The average molecular weight is 214 g/mol. The molecule has 0 aliphatic rings. The van der Waals surface area contributed by atoms with Gasteiger partial charge in [-0.2, -0.15) is 0 Å². The van der Waals surface area contributed by atoms with Crippen molar-refractivity contribution in [3.05, 3.63) is 16.1 Å². The van der Waals surface area contributed by atoms with Gasteiger partial charge in [0.05, 0.1) is 12.3 Å². The number of hydrogen-bond acceptors (Lipinski definition) is 4. The van der Waals surface area contributed by atoms with Crippen LogP contribution < -0.4 is 5.73 Å². The molecule has 14 heavy (non-hydrogen) atoms. The summed E-state index contributed by atoms with van der Waals surface area (Å²) < 4.78 is 5.49. The Kier molecular flexibility index (Phi) is 5.07. The Labute approximate surface area is 89.3 Å². The van der Waals surface area contributed by atoms with Crippen molar-refractivity contribution < 1.29 is 4.74 Å². The SMILES string of the molecule is CC(C)CCOCc1csc(CN)n1.